The molecular formula is C19H34N2. The van der Waals surface area contributed by atoms with Gasteiger partial charge in [0, 0.05) is 0 Å². The smallest absolute Gasteiger partial charge is 0.0898 e. The van der Waals surface area contributed by atoms with Gasteiger partial charge in [-0.1, -0.05) is 50.7 Å². The predicted octanol–water partition coefficient (Wildman–Crippen LogP) is 6.21. The van der Waals surface area contributed by atoms with Crippen molar-refractivity contribution in [2.45, 2.75) is 90.1 Å². The molecule has 0 atom stereocenters. The SMILES string of the molecule is C(=NC1CCCCC1)=NC1CCCCC1.C=CC.C=CC. The summed E-state index contributed by atoms with van der Waals surface area (Å²) >= 11 is 0. The fourth-order valence-corrected chi connectivity index (χ4v) is 2.62. The minimum Gasteiger partial charge on any atom is -0.222 e. The van der Waals surface area contributed by atoms with Crippen LogP contribution >= 0.6 is 0 Å². The summed E-state index contributed by atoms with van der Waals surface area (Å²) < 4.78 is 0. The molecule has 2 heteroatoms. The molecule has 0 amide bonds. The maximum atomic E-state index is 4.46. The van der Waals surface area contributed by atoms with Gasteiger partial charge in [0.25, 0.3) is 0 Å². The van der Waals surface area contributed by atoms with Crippen LogP contribution in [0.3, 0.4) is 0 Å². The van der Waals surface area contributed by atoms with Crippen LogP contribution in [-0.2, 0) is 0 Å². The Morgan fingerprint density at radius 2 is 1.00 bits per heavy atom. The molecule has 2 rings (SSSR count). The van der Waals surface area contributed by atoms with Crippen LogP contribution < -0.4 is 0 Å². The Morgan fingerprint density at radius 3 is 1.29 bits per heavy atom. The molecule has 0 aromatic carbocycles. The molecule has 0 heterocycles. The Morgan fingerprint density at radius 1 is 0.714 bits per heavy atom. The first kappa shape index (κ1) is 19.9. The maximum Gasteiger partial charge on any atom is 0.0898 e. The first-order valence-corrected chi connectivity index (χ1v) is 8.57. The van der Waals surface area contributed by atoms with Gasteiger partial charge in [-0.2, -0.15) is 0 Å². The number of allylic oxidation sites excluding steroid dienone is 2. The van der Waals surface area contributed by atoms with Gasteiger partial charge in [0.15, 0.2) is 0 Å². The van der Waals surface area contributed by atoms with Crippen molar-refractivity contribution in [1.29, 1.82) is 0 Å². The molecule has 2 saturated carbocycles. The van der Waals surface area contributed by atoms with Crippen LogP contribution in [0.4, 0.5) is 0 Å². The lowest BCUT2D eigenvalue weighted by atomic mass is 9.96. The van der Waals surface area contributed by atoms with Gasteiger partial charge in [-0.3, -0.25) is 0 Å². The normalized spacial score (nSPS) is 18.8. The van der Waals surface area contributed by atoms with Crippen LogP contribution in [0.5, 0.6) is 0 Å². The molecule has 2 fully saturated rings. The molecule has 2 aliphatic rings. The Balaban J connectivity index is 0.000000578. The van der Waals surface area contributed by atoms with Crippen molar-refractivity contribution >= 4 is 6.01 Å². The Kier molecular flexibility index (Phi) is 14.4. The molecule has 0 aliphatic heterocycles. The van der Waals surface area contributed by atoms with E-state index in [4.69, 9.17) is 0 Å². The van der Waals surface area contributed by atoms with Gasteiger partial charge in [-0.05, 0) is 39.5 Å². The van der Waals surface area contributed by atoms with E-state index in [1.165, 1.54) is 64.2 Å². The number of hydrogen-bond acceptors (Lipinski definition) is 2. The molecule has 2 aliphatic carbocycles. The zero-order chi connectivity index (χ0) is 15.8. The van der Waals surface area contributed by atoms with Crippen molar-refractivity contribution in [3.8, 4) is 0 Å². The van der Waals surface area contributed by atoms with E-state index in [0.717, 1.165) is 0 Å². The molecule has 0 N–H and O–H groups in total. The van der Waals surface area contributed by atoms with Crippen molar-refractivity contribution in [2.75, 3.05) is 0 Å². The van der Waals surface area contributed by atoms with Gasteiger partial charge < -0.3 is 0 Å². The van der Waals surface area contributed by atoms with E-state index in [9.17, 15) is 0 Å². The van der Waals surface area contributed by atoms with Gasteiger partial charge in [-0.15, -0.1) is 13.2 Å². The van der Waals surface area contributed by atoms with Gasteiger partial charge in [0.05, 0.1) is 18.1 Å². The number of nitrogens with zero attached hydrogens (tertiary/aromatic N) is 2. The van der Waals surface area contributed by atoms with Crippen molar-refractivity contribution < 1.29 is 0 Å². The summed E-state index contributed by atoms with van der Waals surface area (Å²) in [5.74, 6) is 0. The predicted molar refractivity (Wildman–Crippen MR) is 95.4 cm³/mol. The quantitative estimate of drug-likeness (QED) is 0.426. The third-order valence-electron chi connectivity index (χ3n) is 3.63. The molecule has 2 nitrogen and oxygen atoms in total. The molecule has 120 valence electrons. The zero-order valence-electron chi connectivity index (χ0n) is 14.2. The Bertz CT molecular complexity index is 274. The highest BCUT2D eigenvalue weighted by Gasteiger charge is 2.12. The van der Waals surface area contributed by atoms with Crippen molar-refractivity contribution in [3.05, 3.63) is 25.3 Å². The minimum atomic E-state index is 0.533. The lowest BCUT2D eigenvalue weighted by Crippen LogP contribution is -2.10. The fraction of sp³-hybridized carbons (Fsp3) is 0.737. The third kappa shape index (κ3) is 12.3. The highest BCUT2D eigenvalue weighted by molar-refractivity contribution is 5.42. The van der Waals surface area contributed by atoms with Crippen LogP contribution in [0.2, 0.25) is 0 Å². The van der Waals surface area contributed by atoms with Gasteiger partial charge in [0.2, 0.25) is 0 Å². The molecular weight excluding hydrogens is 256 g/mol. The summed E-state index contributed by atoms with van der Waals surface area (Å²) in [5, 5.41) is 0. The molecule has 0 spiro atoms. The number of rotatable bonds is 2. The van der Waals surface area contributed by atoms with E-state index in [0.29, 0.717) is 12.1 Å². The first-order chi connectivity index (χ1) is 10.3. The highest BCUT2D eigenvalue weighted by atomic mass is 14.9. The average Bonchev–Trinajstić information content (AvgIpc) is 2.51. The lowest BCUT2D eigenvalue weighted by molar-refractivity contribution is 0.438. The summed E-state index contributed by atoms with van der Waals surface area (Å²) in [7, 11) is 0. The van der Waals surface area contributed by atoms with Crippen LogP contribution in [0.15, 0.2) is 35.3 Å². The molecule has 0 unspecified atom stereocenters. The van der Waals surface area contributed by atoms with Crippen molar-refractivity contribution in [1.82, 2.24) is 0 Å². The van der Waals surface area contributed by atoms with Gasteiger partial charge in [0.1, 0.15) is 0 Å². The average molecular weight is 290 g/mol. The zero-order valence-corrected chi connectivity index (χ0v) is 14.2. The number of hydrogen-bond donors (Lipinski definition) is 0. The van der Waals surface area contributed by atoms with Gasteiger partial charge in [-0.25, -0.2) is 9.98 Å². The van der Waals surface area contributed by atoms with Crippen LogP contribution in [0.25, 0.3) is 0 Å². The monoisotopic (exact) mass is 290 g/mol. The maximum absolute atomic E-state index is 4.46. The van der Waals surface area contributed by atoms with Crippen LogP contribution in [-0.4, -0.2) is 18.1 Å². The third-order valence-corrected chi connectivity index (χ3v) is 3.63. The molecule has 0 saturated heterocycles. The van der Waals surface area contributed by atoms with Crippen LogP contribution in [0, 0.1) is 0 Å². The minimum absolute atomic E-state index is 0.533. The van der Waals surface area contributed by atoms with E-state index in [1.807, 2.05) is 13.8 Å². The molecule has 0 aromatic heterocycles. The summed E-state index contributed by atoms with van der Waals surface area (Å²) in [6.45, 7) is 10.5. The first-order valence-electron chi connectivity index (χ1n) is 8.57. The number of aliphatic imine (C=N–C) groups is 2. The van der Waals surface area contributed by atoms with E-state index >= 15 is 0 Å². The Labute approximate surface area is 132 Å². The van der Waals surface area contributed by atoms with Crippen molar-refractivity contribution in [2.24, 2.45) is 9.98 Å². The van der Waals surface area contributed by atoms with E-state index in [1.54, 1.807) is 12.2 Å². The topological polar surface area (TPSA) is 24.7 Å². The van der Waals surface area contributed by atoms with Crippen molar-refractivity contribution in [3.63, 3.8) is 0 Å². The van der Waals surface area contributed by atoms with E-state index < -0.39 is 0 Å². The fourth-order valence-electron chi connectivity index (χ4n) is 2.62. The van der Waals surface area contributed by atoms with E-state index in [2.05, 4.69) is 29.2 Å². The second-order valence-corrected chi connectivity index (χ2v) is 5.76. The molecule has 21 heavy (non-hydrogen) atoms. The van der Waals surface area contributed by atoms with Gasteiger partial charge >= 0.3 is 0 Å². The Hall–Kier alpha value is -1.14. The molecule has 0 aromatic rings. The van der Waals surface area contributed by atoms with E-state index in [-0.39, 0.29) is 0 Å². The summed E-state index contributed by atoms with van der Waals surface area (Å²) in [6, 6.07) is 4.04. The standard InChI is InChI=1S/C13H22N2.2C3H6/c1-3-7-12(8-4-1)14-11-15-13-9-5-2-6-10-13;2*1-3-2/h12-13H,1-10H2;2*3H,1H2,2H3. The second kappa shape index (κ2) is 15.3. The highest BCUT2D eigenvalue weighted by Crippen LogP contribution is 2.21. The summed E-state index contributed by atoms with van der Waals surface area (Å²) in [6.07, 6.45) is 16.7. The largest absolute Gasteiger partial charge is 0.222 e. The second-order valence-electron chi connectivity index (χ2n) is 5.76. The summed E-state index contributed by atoms with van der Waals surface area (Å²) in [4.78, 5) is 8.92. The molecule has 0 radical (unpaired) electrons. The summed E-state index contributed by atoms with van der Waals surface area (Å²) in [5.41, 5.74) is 0. The lowest BCUT2D eigenvalue weighted by Gasteiger charge is -2.17. The molecule has 0 bridgehead atoms. The van der Waals surface area contributed by atoms with Crippen LogP contribution in [0.1, 0.15) is 78.1 Å².